The highest BCUT2D eigenvalue weighted by atomic mass is 32.2. The molecule has 1 aromatic heterocycles. The highest BCUT2D eigenvalue weighted by Crippen LogP contribution is 2.18. The monoisotopic (exact) mass is 418 g/mol. The summed E-state index contributed by atoms with van der Waals surface area (Å²) < 4.78 is 36.8. The van der Waals surface area contributed by atoms with E-state index in [9.17, 15) is 8.42 Å². The fourth-order valence-electron chi connectivity index (χ4n) is 2.53. The summed E-state index contributed by atoms with van der Waals surface area (Å²) in [6.45, 7) is 0.744. The standard InChI is InChI=1S/C19H22N4O3S2/c1-23(19-21-18(22-27-19)14-15-6-4-3-5-7-15)13-12-20-28(24,25)17-10-8-16(26-2)9-11-17/h3-11,20H,12-14H2,1-2H3. The number of nitrogens with zero attached hydrogens (tertiary/aromatic N) is 3. The van der Waals surface area contributed by atoms with E-state index < -0.39 is 10.0 Å². The second-order valence-electron chi connectivity index (χ2n) is 6.15. The van der Waals surface area contributed by atoms with Gasteiger partial charge >= 0.3 is 0 Å². The minimum Gasteiger partial charge on any atom is -0.497 e. The van der Waals surface area contributed by atoms with Crippen LogP contribution in [-0.4, -0.2) is 45.0 Å². The fourth-order valence-corrected chi connectivity index (χ4v) is 4.22. The topological polar surface area (TPSA) is 84.4 Å². The van der Waals surface area contributed by atoms with Crippen molar-refractivity contribution in [3.8, 4) is 5.75 Å². The largest absolute Gasteiger partial charge is 0.497 e. The van der Waals surface area contributed by atoms with Crippen molar-refractivity contribution in [2.24, 2.45) is 0 Å². The summed E-state index contributed by atoms with van der Waals surface area (Å²) in [5, 5.41) is 0.759. The molecular formula is C19H22N4O3S2. The van der Waals surface area contributed by atoms with Crippen molar-refractivity contribution in [2.75, 3.05) is 32.1 Å². The second-order valence-corrected chi connectivity index (χ2v) is 8.65. The Morgan fingerprint density at radius 2 is 1.82 bits per heavy atom. The van der Waals surface area contributed by atoms with Crippen LogP contribution in [0.3, 0.4) is 0 Å². The summed E-state index contributed by atoms with van der Waals surface area (Å²) in [6.07, 6.45) is 0.676. The van der Waals surface area contributed by atoms with Crippen molar-refractivity contribution in [3.05, 3.63) is 66.0 Å². The van der Waals surface area contributed by atoms with Crippen molar-refractivity contribution < 1.29 is 13.2 Å². The van der Waals surface area contributed by atoms with Crippen LogP contribution in [0, 0.1) is 0 Å². The lowest BCUT2D eigenvalue weighted by Gasteiger charge is -2.15. The van der Waals surface area contributed by atoms with Gasteiger partial charge in [0, 0.05) is 38.1 Å². The van der Waals surface area contributed by atoms with Crippen LogP contribution < -0.4 is 14.4 Å². The SMILES string of the molecule is COc1ccc(S(=O)(=O)NCCN(C)c2nc(Cc3ccccc3)ns2)cc1. The molecule has 3 rings (SSSR count). The number of methoxy groups -OCH3 is 1. The Labute approximate surface area is 169 Å². The van der Waals surface area contributed by atoms with Gasteiger partial charge in [-0.1, -0.05) is 30.3 Å². The molecule has 1 N–H and O–H groups in total. The lowest BCUT2D eigenvalue weighted by molar-refractivity contribution is 0.414. The van der Waals surface area contributed by atoms with E-state index in [0.29, 0.717) is 18.7 Å². The van der Waals surface area contributed by atoms with E-state index in [4.69, 9.17) is 4.74 Å². The molecule has 0 aliphatic carbocycles. The lowest BCUT2D eigenvalue weighted by Crippen LogP contribution is -2.33. The molecule has 0 spiro atoms. The maximum atomic E-state index is 12.4. The van der Waals surface area contributed by atoms with Gasteiger partial charge in [0.25, 0.3) is 0 Å². The van der Waals surface area contributed by atoms with Gasteiger partial charge in [-0.15, -0.1) is 0 Å². The van der Waals surface area contributed by atoms with Crippen LogP contribution in [0.5, 0.6) is 5.75 Å². The normalized spacial score (nSPS) is 11.4. The Morgan fingerprint density at radius 3 is 2.50 bits per heavy atom. The van der Waals surface area contributed by atoms with Gasteiger partial charge in [0.1, 0.15) is 11.6 Å². The van der Waals surface area contributed by atoms with E-state index in [0.717, 1.165) is 16.5 Å². The molecule has 1 heterocycles. The zero-order chi connectivity index (χ0) is 20.0. The zero-order valence-corrected chi connectivity index (χ0v) is 17.3. The molecular weight excluding hydrogens is 396 g/mol. The van der Waals surface area contributed by atoms with Crippen LogP contribution in [-0.2, 0) is 16.4 Å². The van der Waals surface area contributed by atoms with Gasteiger partial charge in [0.2, 0.25) is 15.2 Å². The third-order valence-electron chi connectivity index (χ3n) is 4.10. The third-order valence-corrected chi connectivity index (χ3v) is 6.44. The number of anilines is 1. The summed E-state index contributed by atoms with van der Waals surface area (Å²) in [7, 11) is -0.156. The predicted octanol–water partition coefficient (Wildman–Crippen LogP) is 2.55. The highest BCUT2D eigenvalue weighted by Gasteiger charge is 2.15. The maximum Gasteiger partial charge on any atom is 0.240 e. The molecule has 0 fully saturated rings. The van der Waals surface area contributed by atoms with Gasteiger partial charge in [-0.25, -0.2) is 18.1 Å². The Morgan fingerprint density at radius 1 is 1.11 bits per heavy atom. The molecule has 3 aromatic rings. The van der Waals surface area contributed by atoms with E-state index in [-0.39, 0.29) is 11.4 Å². The smallest absolute Gasteiger partial charge is 0.240 e. The minimum atomic E-state index is -3.56. The molecule has 7 nitrogen and oxygen atoms in total. The predicted molar refractivity (Wildman–Crippen MR) is 111 cm³/mol. The highest BCUT2D eigenvalue weighted by molar-refractivity contribution is 7.89. The number of ether oxygens (including phenoxy) is 1. The van der Waals surface area contributed by atoms with Crippen molar-refractivity contribution in [3.63, 3.8) is 0 Å². The molecule has 0 unspecified atom stereocenters. The summed E-state index contributed by atoms with van der Waals surface area (Å²) in [6, 6.07) is 16.3. The average Bonchev–Trinajstić information content (AvgIpc) is 3.17. The van der Waals surface area contributed by atoms with Crippen molar-refractivity contribution in [2.45, 2.75) is 11.3 Å². The van der Waals surface area contributed by atoms with Crippen LogP contribution >= 0.6 is 11.5 Å². The molecule has 9 heteroatoms. The van der Waals surface area contributed by atoms with Crippen molar-refractivity contribution in [1.82, 2.24) is 14.1 Å². The van der Waals surface area contributed by atoms with Crippen molar-refractivity contribution in [1.29, 1.82) is 0 Å². The van der Waals surface area contributed by atoms with Gasteiger partial charge in [-0.3, -0.25) is 0 Å². The van der Waals surface area contributed by atoms with E-state index in [1.165, 1.54) is 30.8 Å². The number of hydrogen-bond acceptors (Lipinski definition) is 7. The van der Waals surface area contributed by atoms with E-state index in [1.807, 2.05) is 42.3 Å². The molecule has 0 saturated carbocycles. The van der Waals surface area contributed by atoms with Gasteiger partial charge in [-0.2, -0.15) is 4.37 Å². The Bertz CT molecular complexity index is 990. The minimum absolute atomic E-state index is 0.206. The van der Waals surface area contributed by atoms with Crippen LogP contribution in [0.4, 0.5) is 5.13 Å². The first kappa shape index (κ1) is 20.2. The summed E-state index contributed by atoms with van der Waals surface area (Å²) in [5.74, 6) is 1.37. The lowest BCUT2D eigenvalue weighted by atomic mass is 10.1. The number of nitrogens with one attached hydrogen (secondary N) is 1. The first-order valence-corrected chi connectivity index (χ1v) is 10.9. The van der Waals surface area contributed by atoms with E-state index in [2.05, 4.69) is 14.1 Å². The van der Waals surface area contributed by atoms with Crippen LogP contribution in [0.1, 0.15) is 11.4 Å². The molecule has 0 aliphatic rings. The van der Waals surface area contributed by atoms with Gasteiger partial charge in [0.05, 0.1) is 12.0 Å². The average molecular weight is 419 g/mol. The first-order chi connectivity index (χ1) is 13.5. The number of aromatic nitrogens is 2. The second kappa shape index (κ2) is 9.13. The molecule has 148 valence electrons. The third kappa shape index (κ3) is 5.28. The fraction of sp³-hybridized carbons (Fsp3) is 0.263. The number of hydrogen-bond donors (Lipinski definition) is 1. The molecule has 0 bridgehead atoms. The van der Waals surface area contributed by atoms with Gasteiger partial charge < -0.3 is 9.64 Å². The van der Waals surface area contributed by atoms with E-state index in [1.54, 1.807) is 12.1 Å². The van der Waals surface area contributed by atoms with Crippen LogP contribution in [0.15, 0.2) is 59.5 Å². The molecule has 28 heavy (non-hydrogen) atoms. The Balaban J connectivity index is 1.53. The molecule has 2 aromatic carbocycles. The number of benzene rings is 2. The zero-order valence-electron chi connectivity index (χ0n) is 15.7. The quantitative estimate of drug-likeness (QED) is 0.575. The number of likely N-dealkylation sites (N-methyl/N-ethyl adjacent to an activating group) is 1. The van der Waals surface area contributed by atoms with Crippen LogP contribution in [0.25, 0.3) is 0 Å². The molecule has 0 saturated heterocycles. The molecule has 0 amide bonds. The summed E-state index contributed by atoms with van der Waals surface area (Å²) >= 11 is 1.31. The number of sulfonamides is 1. The molecule has 0 radical (unpaired) electrons. The van der Waals surface area contributed by atoms with Gasteiger partial charge in [0.15, 0.2) is 0 Å². The summed E-state index contributed by atoms with van der Waals surface area (Å²) in [4.78, 5) is 6.64. The first-order valence-electron chi connectivity index (χ1n) is 8.69. The van der Waals surface area contributed by atoms with Crippen molar-refractivity contribution >= 4 is 26.7 Å². The number of rotatable bonds is 9. The Kier molecular flexibility index (Phi) is 6.61. The van der Waals surface area contributed by atoms with E-state index >= 15 is 0 Å². The molecule has 0 aliphatic heterocycles. The van der Waals surface area contributed by atoms with Crippen LogP contribution in [0.2, 0.25) is 0 Å². The Hall–Kier alpha value is -2.49. The molecule has 0 atom stereocenters. The maximum absolute atomic E-state index is 12.4. The van der Waals surface area contributed by atoms with Gasteiger partial charge in [-0.05, 0) is 29.8 Å². The summed E-state index contributed by atoms with van der Waals surface area (Å²) in [5.41, 5.74) is 1.15.